The van der Waals surface area contributed by atoms with E-state index in [4.69, 9.17) is 4.74 Å². The van der Waals surface area contributed by atoms with Crippen LogP contribution in [0.25, 0.3) is 0 Å². The van der Waals surface area contributed by atoms with Crippen molar-refractivity contribution in [1.82, 2.24) is 4.57 Å². The number of anilines is 2. The number of fused-ring (bicyclic) bond motifs is 2. The first-order valence-corrected chi connectivity index (χ1v) is 11.6. The van der Waals surface area contributed by atoms with Crippen LogP contribution in [0.5, 0.6) is 5.75 Å². The molecule has 2 heterocycles. The Kier molecular flexibility index (Phi) is 6.10. The first-order chi connectivity index (χ1) is 17.0. The average molecular weight is 466 g/mol. The third-order valence-electron chi connectivity index (χ3n) is 6.53. The molecule has 0 saturated heterocycles. The molecule has 1 aromatic heterocycles. The maximum absolute atomic E-state index is 13.6. The lowest BCUT2D eigenvalue weighted by atomic mass is 10.0. The van der Waals surface area contributed by atoms with E-state index < -0.39 is 6.04 Å². The first-order valence-electron chi connectivity index (χ1n) is 11.6. The minimum absolute atomic E-state index is 0.0174. The molecule has 0 aliphatic carbocycles. The zero-order valence-corrected chi connectivity index (χ0v) is 19.8. The smallest absolute Gasteiger partial charge is 0.231 e. The molecule has 1 N–H and O–H groups in total. The Balaban J connectivity index is 1.35. The highest BCUT2D eigenvalue weighted by atomic mass is 16.5. The third kappa shape index (κ3) is 4.43. The molecule has 1 amide bonds. The number of amides is 1. The molecule has 0 bridgehead atoms. The lowest BCUT2D eigenvalue weighted by Crippen LogP contribution is -2.28. The Morgan fingerprint density at radius 3 is 2.51 bits per heavy atom. The Labute approximate surface area is 204 Å². The summed E-state index contributed by atoms with van der Waals surface area (Å²) in [6.45, 7) is 0.716. The number of aromatic nitrogens is 1. The largest absolute Gasteiger partial charge is 0.496 e. The summed E-state index contributed by atoms with van der Waals surface area (Å²) < 4.78 is 7.48. The van der Waals surface area contributed by atoms with Gasteiger partial charge in [0.25, 0.3) is 0 Å². The summed E-state index contributed by atoms with van der Waals surface area (Å²) >= 11 is 0. The molecule has 1 aliphatic heterocycles. The van der Waals surface area contributed by atoms with Crippen LogP contribution in [0.15, 0.2) is 91.1 Å². The van der Waals surface area contributed by atoms with Crippen molar-refractivity contribution in [3.8, 4) is 5.75 Å². The van der Waals surface area contributed by atoms with Gasteiger partial charge in [0.2, 0.25) is 5.91 Å². The molecule has 1 unspecified atom stereocenters. The lowest BCUT2D eigenvalue weighted by Gasteiger charge is -2.20. The number of carbonyl (C=O) groups is 2. The predicted octanol–water partition coefficient (Wildman–Crippen LogP) is 5.10. The van der Waals surface area contributed by atoms with Crippen LogP contribution in [0.1, 0.15) is 33.2 Å². The van der Waals surface area contributed by atoms with E-state index in [9.17, 15) is 9.59 Å². The molecule has 6 heteroatoms. The number of methoxy groups -OCH3 is 1. The van der Waals surface area contributed by atoms with E-state index in [0.717, 1.165) is 28.2 Å². The van der Waals surface area contributed by atoms with Crippen molar-refractivity contribution in [3.05, 3.63) is 114 Å². The molecule has 6 nitrogen and oxygen atoms in total. The van der Waals surface area contributed by atoms with Crippen LogP contribution in [0.3, 0.4) is 0 Å². The van der Waals surface area contributed by atoms with Gasteiger partial charge in [-0.3, -0.25) is 9.59 Å². The fraction of sp³-hybridized carbons (Fsp3) is 0.172. The molecule has 0 saturated carbocycles. The second-order valence-corrected chi connectivity index (χ2v) is 8.65. The Hall–Kier alpha value is -4.32. The normalized spacial score (nSPS) is 14.2. The number of ether oxygens (including phenoxy) is 1. The van der Waals surface area contributed by atoms with Crippen molar-refractivity contribution in [2.24, 2.45) is 0 Å². The minimum Gasteiger partial charge on any atom is -0.496 e. The molecule has 35 heavy (non-hydrogen) atoms. The van der Waals surface area contributed by atoms with E-state index >= 15 is 0 Å². The van der Waals surface area contributed by atoms with Crippen LogP contribution in [0, 0.1) is 0 Å². The number of hydrogen-bond acceptors (Lipinski definition) is 4. The molecule has 1 aliphatic rings. The maximum atomic E-state index is 13.6. The Bertz CT molecular complexity index is 1370. The number of nitrogens with zero attached hydrogens (tertiary/aromatic N) is 2. The van der Waals surface area contributed by atoms with Crippen LogP contribution in [-0.4, -0.2) is 30.4 Å². The van der Waals surface area contributed by atoms with Gasteiger partial charge >= 0.3 is 0 Å². The van der Waals surface area contributed by atoms with Crippen molar-refractivity contribution >= 4 is 23.1 Å². The van der Waals surface area contributed by atoms with Crippen LogP contribution < -0.4 is 15.0 Å². The summed E-state index contributed by atoms with van der Waals surface area (Å²) in [5.74, 6) is 0.613. The van der Waals surface area contributed by atoms with Gasteiger partial charge in [-0.2, -0.15) is 0 Å². The highest BCUT2D eigenvalue weighted by Crippen LogP contribution is 2.31. The van der Waals surface area contributed by atoms with E-state index in [0.29, 0.717) is 17.9 Å². The van der Waals surface area contributed by atoms with Gasteiger partial charge in [-0.25, -0.2) is 0 Å². The van der Waals surface area contributed by atoms with Gasteiger partial charge in [0.15, 0.2) is 5.78 Å². The fourth-order valence-corrected chi connectivity index (χ4v) is 4.54. The first kappa shape index (κ1) is 22.5. The van der Waals surface area contributed by atoms with E-state index in [1.807, 2.05) is 72.9 Å². The summed E-state index contributed by atoms with van der Waals surface area (Å²) in [6, 6.07) is 26.2. The highest BCUT2D eigenvalue weighted by Gasteiger charge is 2.28. The highest BCUT2D eigenvalue weighted by molar-refractivity contribution is 6.03. The van der Waals surface area contributed by atoms with E-state index in [1.165, 1.54) is 0 Å². The van der Waals surface area contributed by atoms with E-state index in [1.54, 1.807) is 31.2 Å². The van der Waals surface area contributed by atoms with Crippen LogP contribution in [0.2, 0.25) is 0 Å². The summed E-state index contributed by atoms with van der Waals surface area (Å²) in [5, 5.41) is 3.45. The van der Waals surface area contributed by atoms with Crippen molar-refractivity contribution in [1.29, 1.82) is 0 Å². The molecule has 0 fully saturated rings. The van der Waals surface area contributed by atoms with Crippen LogP contribution in [-0.2, 0) is 17.8 Å². The number of benzene rings is 3. The summed E-state index contributed by atoms with van der Waals surface area (Å²) in [6.07, 6.45) is 2.23. The van der Waals surface area contributed by atoms with Gasteiger partial charge < -0.3 is 19.5 Å². The number of carbonyl (C=O) groups excluding carboxylic acids is 2. The minimum atomic E-state index is -0.496. The molecule has 0 spiro atoms. The number of hydrogen-bond donors (Lipinski definition) is 1. The molecule has 176 valence electrons. The molecule has 1 atom stereocenters. The van der Waals surface area contributed by atoms with Crippen molar-refractivity contribution in [3.63, 3.8) is 0 Å². The summed E-state index contributed by atoms with van der Waals surface area (Å²) in [5.41, 5.74) is 5.19. The second kappa shape index (κ2) is 9.50. The van der Waals surface area contributed by atoms with Gasteiger partial charge in [0.1, 0.15) is 11.8 Å². The SMILES string of the molecule is COc1ccccc1CC(=O)N(C)c1ccc(C(=O)C2Nc3ccccc3Cn3cccc32)cc1. The number of likely N-dealkylation sites (N-methyl/N-ethyl adjacent to an activating group) is 1. The van der Waals surface area contributed by atoms with Gasteiger partial charge in [-0.1, -0.05) is 36.4 Å². The zero-order valence-electron chi connectivity index (χ0n) is 19.8. The molecule has 0 radical (unpaired) electrons. The fourth-order valence-electron chi connectivity index (χ4n) is 4.54. The number of Topliss-reactive ketones (excluding diaryl/α,β-unsaturated/α-hetero) is 1. The molecule has 3 aromatic carbocycles. The summed E-state index contributed by atoms with van der Waals surface area (Å²) in [7, 11) is 3.34. The molecular weight excluding hydrogens is 438 g/mol. The Morgan fingerprint density at radius 2 is 1.71 bits per heavy atom. The number of para-hydroxylation sites is 2. The zero-order chi connectivity index (χ0) is 24.4. The standard InChI is InChI=1S/C29H27N3O3/c1-31(27(33)18-21-8-4-6-12-26(21)35-2)23-15-13-20(14-16-23)29(34)28-25-11-7-17-32(25)19-22-9-3-5-10-24(22)30-28/h3-17,28,30H,18-19H2,1-2H3. The second-order valence-electron chi connectivity index (χ2n) is 8.65. The van der Waals surface area contributed by atoms with Gasteiger partial charge in [0, 0.05) is 48.0 Å². The van der Waals surface area contributed by atoms with Crippen molar-refractivity contribution in [2.75, 3.05) is 24.4 Å². The van der Waals surface area contributed by atoms with Gasteiger partial charge in [-0.05, 0) is 54.1 Å². The van der Waals surface area contributed by atoms with Crippen molar-refractivity contribution < 1.29 is 14.3 Å². The maximum Gasteiger partial charge on any atom is 0.231 e. The number of ketones is 1. The van der Waals surface area contributed by atoms with Crippen LogP contribution >= 0.6 is 0 Å². The quantitative estimate of drug-likeness (QED) is 0.403. The van der Waals surface area contributed by atoms with E-state index in [-0.39, 0.29) is 18.1 Å². The predicted molar refractivity (Wildman–Crippen MR) is 137 cm³/mol. The average Bonchev–Trinajstić information content (AvgIpc) is 3.29. The van der Waals surface area contributed by atoms with Gasteiger partial charge in [0.05, 0.1) is 13.5 Å². The molecule has 5 rings (SSSR count). The monoisotopic (exact) mass is 465 g/mol. The van der Waals surface area contributed by atoms with Gasteiger partial charge in [-0.15, -0.1) is 0 Å². The Morgan fingerprint density at radius 1 is 0.971 bits per heavy atom. The van der Waals surface area contributed by atoms with E-state index in [2.05, 4.69) is 16.0 Å². The topological polar surface area (TPSA) is 63.6 Å². The molecule has 4 aromatic rings. The lowest BCUT2D eigenvalue weighted by molar-refractivity contribution is -0.117. The summed E-state index contributed by atoms with van der Waals surface area (Å²) in [4.78, 5) is 28.1. The number of nitrogens with one attached hydrogen (secondary N) is 1. The third-order valence-corrected chi connectivity index (χ3v) is 6.53. The van der Waals surface area contributed by atoms with Crippen LogP contribution in [0.4, 0.5) is 11.4 Å². The number of rotatable bonds is 6. The van der Waals surface area contributed by atoms with Crippen molar-refractivity contribution in [2.45, 2.75) is 19.0 Å². The molecular formula is C29H27N3O3.